The van der Waals surface area contributed by atoms with Crippen LogP contribution in [0.5, 0.6) is 0 Å². The standard InChI is InChI=1S/C26H32N8O.C26H31N7O.C25H29N7O2.C21H19N5O/c1-18-16-34-24(19(2)27-18)14-23(29-34)22-15-26(35)33-17-21(4-5-25(33)28-22)31-8-6-20(7-9-31)32-12-10-30(3)11-13-32;1-18-16-33-24(19(2)27-18)14-23(29-33)22-15-26(34)32-17-21(6-7-25(32)28-22)31-12-8-20(9-13-31)30-10-4-3-5-11-30;1-17-15-32-23(18(2)26-17)13-22(28-32)21-14-25(33)31-16-20(3-4-24(31)27-21)29-7-5-19(6-8-29)30-9-11-34-12-10-30;1-14-11-25-12-17(3-4-19(25)23-14)18-10-21(27)26-13-16(2-5-20(26)24-18)15-6-8-22-9-7-15/h4-5,14-17,20H,6-13H2,1-3H3;6-7,14-17,20H,3-5,8-13H2,1-2H3;3-4,13-16,19H,5-12H2,1-2H3;2-6,10-13,22H,7-9H2,1H3. The summed E-state index contributed by atoms with van der Waals surface area (Å²) in [7, 11) is 2.20. The number of aryl methyl sites for hydroxylation is 7. The zero-order chi connectivity index (χ0) is 89.0. The molecular weight excluding hydrogens is 1640 g/mol. The Labute approximate surface area is 751 Å². The molecule has 23 heterocycles. The van der Waals surface area contributed by atoms with Crippen molar-refractivity contribution in [2.45, 2.75) is 131 Å². The van der Waals surface area contributed by atoms with E-state index < -0.39 is 0 Å². The Morgan fingerprint density at radius 1 is 0.338 bits per heavy atom. The molecule has 16 aromatic heterocycles. The minimum absolute atomic E-state index is 0.0757. The highest BCUT2D eigenvalue weighted by molar-refractivity contribution is 5.72. The van der Waals surface area contributed by atoms with Crippen molar-refractivity contribution in [2.75, 3.05) is 140 Å². The van der Waals surface area contributed by atoms with Crippen LogP contribution in [-0.4, -0.2) is 253 Å². The van der Waals surface area contributed by atoms with E-state index in [-0.39, 0.29) is 22.2 Å². The minimum atomic E-state index is -0.104. The summed E-state index contributed by atoms with van der Waals surface area (Å²) in [6, 6.07) is 34.1. The molecule has 0 aliphatic carbocycles. The van der Waals surface area contributed by atoms with Crippen molar-refractivity contribution < 1.29 is 4.74 Å². The minimum Gasteiger partial charge on any atom is -0.379 e. The number of morpholine rings is 1. The summed E-state index contributed by atoms with van der Waals surface area (Å²) in [6.07, 6.45) is 31.4. The van der Waals surface area contributed by atoms with Crippen LogP contribution < -0.4 is 42.3 Å². The third-order valence-electron chi connectivity index (χ3n) is 27.0. The first-order valence-corrected chi connectivity index (χ1v) is 46.0. The van der Waals surface area contributed by atoms with Gasteiger partial charge in [0.25, 0.3) is 22.2 Å². The fourth-order valence-electron chi connectivity index (χ4n) is 20.0. The lowest BCUT2D eigenvalue weighted by molar-refractivity contribution is 0.0115. The van der Waals surface area contributed by atoms with Gasteiger partial charge in [0.15, 0.2) is 0 Å². The van der Waals surface area contributed by atoms with Crippen LogP contribution in [0.3, 0.4) is 0 Å². The fraction of sp³-hybridized carbons (Fsp3) is 0.398. The van der Waals surface area contributed by atoms with E-state index in [1.807, 2.05) is 178 Å². The predicted molar refractivity (Wildman–Crippen MR) is 507 cm³/mol. The molecule has 6 fully saturated rings. The summed E-state index contributed by atoms with van der Waals surface area (Å²) < 4.78 is 19.5. The Balaban J connectivity index is 0.000000109. The van der Waals surface area contributed by atoms with Crippen LogP contribution in [0.4, 0.5) is 17.1 Å². The monoisotopic (exact) mass is 1750 g/mol. The van der Waals surface area contributed by atoms with Gasteiger partial charge in [-0.2, -0.15) is 15.3 Å². The molecule has 0 spiro atoms. The van der Waals surface area contributed by atoms with E-state index in [2.05, 4.69) is 106 Å². The second-order valence-electron chi connectivity index (χ2n) is 35.9. The van der Waals surface area contributed by atoms with Crippen LogP contribution >= 0.6 is 0 Å². The number of imidazole rings is 1. The highest BCUT2D eigenvalue weighted by atomic mass is 16.5. The number of fused-ring (bicyclic) bond motifs is 8. The molecule has 6 saturated heterocycles. The second kappa shape index (κ2) is 36.4. The van der Waals surface area contributed by atoms with Gasteiger partial charge in [0.2, 0.25) is 0 Å². The maximum atomic E-state index is 13.1. The van der Waals surface area contributed by atoms with Crippen LogP contribution in [0.25, 0.3) is 95.8 Å². The average Bonchev–Trinajstić information content (AvgIpc) is 1.27. The van der Waals surface area contributed by atoms with Crippen LogP contribution in [0.1, 0.15) is 110 Å². The van der Waals surface area contributed by atoms with Gasteiger partial charge in [-0.3, -0.25) is 61.5 Å². The molecule has 23 rings (SSSR count). The van der Waals surface area contributed by atoms with E-state index in [0.717, 1.165) is 214 Å². The van der Waals surface area contributed by atoms with E-state index in [1.165, 1.54) is 63.9 Å². The first-order chi connectivity index (χ1) is 63.2. The SMILES string of the molecule is Cc1cn2cc(-c3cc(=O)n4cc(C5=CCNCC5)ccc4n3)ccc2n1.Cc1cn2nc(-c3cc(=O)n4cc(N5CCC(N6CCCCC6)CC5)ccc4n3)cc2c(C)n1.Cc1cn2nc(-c3cc(=O)n4cc(N5CCC(N6CCN(C)CC6)CC5)ccc4n3)cc2c(C)n1.Cc1cn2nc(-c3cc(=O)n4cc(N5CCC(N6CCOCC6)CC5)ccc4n3)cc2c(C)n1. The van der Waals surface area contributed by atoms with E-state index in [4.69, 9.17) is 24.7 Å². The molecule has 32 nitrogen and oxygen atoms in total. The van der Waals surface area contributed by atoms with Gasteiger partial charge in [-0.05, 0) is 223 Å². The second-order valence-corrected chi connectivity index (χ2v) is 35.9. The zero-order valence-corrected chi connectivity index (χ0v) is 75.3. The number of hydrogen-bond donors (Lipinski definition) is 1. The Morgan fingerprint density at radius 3 is 1.15 bits per heavy atom. The highest BCUT2D eigenvalue weighted by Gasteiger charge is 2.31. The molecule has 0 atom stereocenters. The summed E-state index contributed by atoms with van der Waals surface area (Å²) >= 11 is 0. The molecule has 0 aromatic carbocycles. The number of aromatic nitrogens is 19. The van der Waals surface area contributed by atoms with Crippen molar-refractivity contribution in [3.05, 3.63) is 252 Å². The molecular formula is C98H111N27O5. The van der Waals surface area contributed by atoms with Crippen LogP contribution in [0.15, 0.2) is 184 Å². The van der Waals surface area contributed by atoms with Gasteiger partial charge in [-0.1, -0.05) is 12.5 Å². The number of ether oxygens (including phenoxy) is 1. The van der Waals surface area contributed by atoms with Gasteiger partial charge >= 0.3 is 0 Å². The predicted octanol–water partition coefficient (Wildman–Crippen LogP) is 10.7. The van der Waals surface area contributed by atoms with Gasteiger partial charge < -0.3 is 39.0 Å². The molecule has 16 aromatic rings. The van der Waals surface area contributed by atoms with Crippen molar-refractivity contribution in [3.8, 4) is 45.4 Å². The molecule has 7 aliphatic rings. The molecule has 1 N–H and O–H groups in total. The summed E-state index contributed by atoms with van der Waals surface area (Å²) in [4.78, 5) is 106. The first-order valence-electron chi connectivity index (χ1n) is 46.0. The molecule has 0 unspecified atom stereocenters. The Hall–Kier alpha value is -13.1. The summed E-state index contributed by atoms with van der Waals surface area (Å²) in [6.45, 7) is 32.5. The van der Waals surface area contributed by atoms with Crippen LogP contribution in [-0.2, 0) is 4.74 Å². The molecule has 0 bridgehead atoms. The number of nitrogens with zero attached hydrogens (tertiary/aromatic N) is 26. The highest BCUT2D eigenvalue weighted by Crippen LogP contribution is 2.32. The molecule has 0 radical (unpaired) electrons. The summed E-state index contributed by atoms with van der Waals surface area (Å²) in [5.41, 5.74) is 23.1. The largest absolute Gasteiger partial charge is 0.379 e. The first kappa shape index (κ1) is 85.0. The van der Waals surface area contributed by atoms with Crippen LogP contribution in [0, 0.1) is 48.5 Å². The molecule has 32 heteroatoms. The molecule has 0 saturated carbocycles. The number of likely N-dealkylation sites (N-methyl/N-ethyl adjacent to an activating group) is 1. The van der Waals surface area contributed by atoms with Crippen molar-refractivity contribution in [1.29, 1.82) is 0 Å². The number of piperazine rings is 1. The molecule has 668 valence electrons. The average molecular weight is 1750 g/mol. The quantitative estimate of drug-likeness (QED) is 0.126. The number of anilines is 3. The van der Waals surface area contributed by atoms with Gasteiger partial charge in [0, 0.05) is 170 Å². The number of rotatable bonds is 11. The van der Waals surface area contributed by atoms with Crippen molar-refractivity contribution in [2.24, 2.45) is 0 Å². The van der Waals surface area contributed by atoms with Crippen molar-refractivity contribution in [3.63, 3.8) is 0 Å². The summed E-state index contributed by atoms with van der Waals surface area (Å²) in [5, 5.41) is 17.2. The number of piperidine rings is 4. The third kappa shape index (κ3) is 18.0. The van der Waals surface area contributed by atoms with Gasteiger partial charge in [-0.15, -0.1) is 0 Å². The molecule has 0 amide bonds. The Bertz CT molecular complexity index is 7020. The lowest BCUT2D eigenvalue weighted by Gasteiger charge is -2.42. The van der Waals surface area contributed by atoms with Gasteiger partial charge in [0.1, 0.15) is 45.3 Å². The van der Waals surface area contributed by atoms with Crippen LogP contribution in [0.2, 0.25) is 0 Å². The number of hydrogen-bond acceptors (Lipinski definition) is 24. The third-order valence-corrected chi connectivity index (χ3v) is 27.0. The molecule has 130 heavy (non-hydrogen) atoms. The number of nitrogens with one attached hydrogen (secondary N) is 1. The summed E-state index contributed by atoms with van der Waals surface area (Å²) in [5.74, 6) is 0. The van der Waals surface area contributed by atoms with E-state index in [1.54, 1.807) is 46.4 Å². The zero-order valence-electron chi connectivity index (χ0n) is 75.3. The normalized spacial score (nSPS) is 17.6. The smallest absolute Gasteiger partial charge is 0.258 e. The fourth-order valence-corrected chi connectivity index (χ4v) is 20.0. The lowest BCUT2D eigenvalue weighted by atomic mass is 9.99. The molecule has 7 aliphatic heterocycles. The topological polar surface area (TPSA) is 289 Å². The van der Waals surface area contributed by atoms with Gasteiger partial charge in [-0.25, -0.2) is 38.5 Å². The van der Waals surface area contributed by atoms with E-state index in [9.17, 15) is 19.2 Å². The Kier molecular flexibility index (Phi) is 23.8. The maximum Gasteiger partial charge on any atom is 0.258 e. The number of pyridine rings is 5. The van der Waals surface area contributed by atoms with Crippen molar-refractivity contribution in [1.82, 2.24) is 116 Å². The van der Waals surface area contributed by atoms with Crippen molar-refractivity contribution >= 4 is 67.4 Å². The maximum absolute atomic E-state index is 13.1. The van der Waals surface area contributed by atoms with Gasteiger partial charge in [0.05, 0.1) is 128 Å². The Morgan fingerprint density at radius 2 is 0.715 bits per heavy atom. The number of likely N-dealkylation sites (tertiary alicyclic amines) is 1. The van der Waals surface area contributed by atoms with E-state index in [0.29, 0.717) is 80.6 Å². The van der Waals surface area contributed by atoms with E-state index >= 15 is 0 Å². The lowest BCUT2D eigenvalue weighted by Crippen LogP contribution is -2.52.